The Morgan fingerprint density at radius 2 is 1.00 bits per heavy atom. The molecule has 1 aromatic rings. The van der Waals surface area contributed by atoms with Crippen LogP contribution in [0.5, 0.6) is 0 Å². The number of alkyl halides is 13. The third-order valence-electron chi connectivity index (χ3n) is 4.12. The first-order chi connectivity index (χ1) is 13.2. The Morgan fingerprint density at radius 3 is 1.43 bits per heavy atom. The lowest BCUT2D eigenvalue weighted by molar-refractivity contribution is -0.440. The largest absolute Gasteiger partial charge is 0.460 e. The molecule has 0 aliphatic rings. The van der Waals surface area contributed by atoms with Gasteiger partial charge in [0.05, 0.1) is 0 Å². The minimum atomic E-state index is -7.84. The van der Waals surface area contributed by atoms with Crippen LogP contribution >= 0.6 is 15.9 Å². The first-order valence-corrected chi connectivity index (χ1v) is 8.72. The topological polar surface area (TPSA) is 0 Å². The van der Waals surface area contributed by atoms with E-state index in [1.807, 2.05) is 0 Å². The molecule has 0 atom stereocenters. The van der Waals surface area contributed by atoms with Crippen molar-refractivity contribution in [3.8, 4) is 0 Å². The number of aryl methyl sites for hydroxylation is 1. The van der Waals surface area contributed by atoms with E-state index in [2.05, 4.69) is 15.9 Å². The molecule has 1 rings (SSSR count). The lowest BCUT2D eigenvalue weighted by atomic mass is 9.91. The Hall–Kier alpha value is -1.21. The van der Waals surface area contributed by atoms with Crippen LogP contribution in [0, 0.1) is 0 Å². The summed E-state index contributed by atoms with van der Waals surface area (Å²) in [7, 11) is 0. The summed E-state index contributed by atoms with van der Waals surface area (Å²) < 4.78 is 169. The van der Waals surface area contributed by atoms with Crippen LogP contribution in [0.1, 0.15) is 24.8 Å². The van der Waals surface area contributed by atoms with Gasteiger partial charge in [-0.1, -0.05) is 28.1 Å². The third-order valence-corrected chi connectivity index (χ3v) is 4.65. The summed E-state index contributed by atoms with van der Waals surface area (Å²) in [5.41, 5.74) is 0.523. The van der Waals surface area contributed by atoms with E-state index in [9.17, 15) is 57.1 Å². The average Bonchev–Trinajstić information content (AvgIpc) is 2.58. The van der Waals surface area contributed by atoms with Crippen molar-refractivity contribution in [2.24, 2.45) is 0 Å². The molecule has 0 unspecified atom stereocenters. The smallest absolute Gasteiger partial charge is 0.200 e. The normalized spacial score (nSPS) is 14.9. The van der Waals surface area contributed by atoms with Crippen LogP contribution in [0.4, 0.5) is 57.1 Å². The van der Waals surface area contributed by atoms with Gasteiger partial charge >= 0.3 is 35.8 Å². The molecule has 0 aliphatic heterocycles. The van der Waals surface area contributed by atoms with Crippen LogP contribution < -0.4 is 0 Å². The van der Waals surface area contributed by atoms with Gasteiger partial charge in [0, 0.05) is 10.9 Å². The van der Waals surface area contributed by atoms with Crippen molar-refractivity contribution in [1.82, 2.24) is 0 Å². The van der Waals surface area contributed by atoms with Gasteiger partial charge < -0.3 is 0 Å². The maximum absolute atomic E-state index is 13.6. The van der Waals surface area contributed by atoms with E-state index >= 15 is 0 Å². The maximum atomic E-state index is 13.6. The van der Waals surface area contributed by atoms with Gasteiger partial charge in [-0.15, -0.1) is 0 Å². The number of hydrogen-bond acceptors (Lipinski definition) is 0. The lowest BCUT2D eigenvalue weighted by Crippen LogP contribution is -2.70. The van der Waals surface area contributed by atoms with Gasteiger partial charge in [0.25, 0.3) is 0 Å². The molecular formula is C16H12BrF13. The Bertz CT molecular complexity index is 707. The fourth-order valence-corrected chi connectivity index (χ4v) is 2.55. The molecule has 0 saturated heterocycles. The quantitative estimate of drug-likeness (QED) is 0.225. The van der Waals surface area contributed by atoms with Crippen molar-refractivity contribution in [3.63, 3.8) is 0 Å². The molecule has 14 heteroatoms. The van der Waals surface area contributed by atoms with Crippen molar-refractivity contribution >= 4 is 15.9 Å². The zero-order valence-electron chi connectivity index (χ0n) is 14.4. The predicted octanol–water partition coefficient (Wildman–Crippen LogP) is 7.90. The van der Waals surface area contributed by atoms with Crippen LogP contribution in [-0.4, -0.2) is 35.8 Å². The summed E-state index contributed by atoms with van der Waals surface area (Å²) in [5.74, 6) is -36.4. The first-order valence-electron chi connectivity index (χ1n) is 7.92. The van der Waals surface area contributed by atoms with Crippen LogP contribution in [0.15, 0.2) is 28.7 Å². The van der Waals surface area contributed by atoms with E-state index in [1.165, 1.54) is 12.1 Å². The number of unbranched alkanes of at least 4 members (excludes halogenated alkanes) is 1. The summed E-state index contributed by atoms with van der Waals surface area (Å²) in [4.78, 5) is 0. The Morgan fingerprint density at radius 1 is 0.567 bits per heavy atom. The second-order valence-electron chi connectivity index (χ2n) is 6.33. The van der Waals surface area contributed by atoms with Gasteiger partial charge in [0.15, 0.2) is 0 Å². The van der Waals surface area contributed by atoms with Gasteiger partial charge in [-0.25, -0.2) is 0 Å². The number of rotatable bonds is 9. The zero-order chi connectivity index (χ0) is 23.8. The number of hydrogen-bond donors (Lipinski definition) is 0. The minimum Gasteiger partial charge on any atom is -0.200 e. The van der Waals surface area contributed by atoms with E-state index in [0.29, 0.717) is 10.0 Å². The monoisotopic (exact) mass is 530 g/mol. The predicted molar refractivity (Wildman–Crippen MR) is 82.5 cm³/mol. The van der Waals surface area contributed by atoms with Crippen LogP contribution in [0.25, 0.3) is 0 Å². The molecule has 0 aromatic heterocycles. The van der Waals surface area contributed by atoms with E-state index < -0.39 is 48.6 Å². The van der Waals surface area contributed by atoms with Crippen molar-refractivity contribution < 1.29 is 57.1 Å². The lowest BCUT2D eigenvalue weighted by Gasteiger charge is -2.39. The summed E-state index contributed by atoms with van der Waals surface area (Å²) >= 11 is 3.10. The molecule has 0 amide bonds. The summed E-state index contributed by atoms with van der Waals surface area (Å²) in [6, 6.07) is 6.10. The van der Waals surface area contributed by atoms with Gasteiger partial charge in [0.1, 0.15) is 0 Å². The Kier molecular flexibility index (Phi) is 7.49. The van der Waals surface area contributed by atoms with Crippen LogP contribution in [0.3, 0.4) is 0 Å². The average molecular weight is 531 g/mol. The molecule has 30 heavy (non-hydrogen) atoms. The second kappa shape index (κ2) is 8.38. The van der Waals surface area contributed by atoms with Gasteiger partial charge in [0.2, 0.25) is 0 Å². The fourth-order valence-electron chi connectivity index (χ4n) is 2.29. The number of halogens is 14. The minimum absolute atomic E-state index is 0.00632. The molecule has 0 heterocycles. The third kappa shape index (κ3) is 4.67. The van der Waals surface area contributed by atoms with Crippen molar-refractivity contribution in [3.05, 3.63) is 34.3 Å². The summed E-state index contributed by atoms with van der Waals surface area (Å²) in [6.07, 6.45) is -10.8. The van der Waals surface area contributed by atoms with Crippen molar-refractivity contribution in [2.45, 2.75) is 61.5 Å². The highest BCUT2D eigenvalue weighted by Gasteiger charge is 2.90. The maximum Gasteiger partial charge on any atom is 0.460 e. The van der Waals surface area contributed by atoms with Gasteiger partial charge in [-0.05, 0) is 37.0 Å². The molecule has 174 valence electrons. The summed E-state index contributed by atoms with van der Waals surface area (Å²) in [5, 5.41) is 0. The number of benzene rings is 1. The molecule has 1 aromatic carbocycles. The molecule has 0 saturated carbocycles. The highest BCUT2D eigenvalue weighted by Crippen LogP contribution is 2.60. The van der Waals surface area contributed by atoms with Crippen LogP contribution in [0.2, 0.25) is 0 Å². The molecule has 0 radical (unpaired) electrons. The highest BCUT2D eigenvalue weighted by molar-refractivity contribution is 9.10. The molecule has 0 bridgehead atoms. The SMILES string of the molecule is FC(F)(F)C(F)(F)C(F)(F)C(F)(F)C(F)(F)C(F)(F)CCCCc1ccc(Br)cc1. The molecule has 0 N–H and O–H groups in total. The fraction of sp³-hybridized carbons (Fsp3) is 0.625. The van der Waals surface area contributed by atoms with E-state index in [4.69, 9.17) is 0 Å². The van der Waals surface area contributed by atoms with Gasteiger partial charge in [-0.3, -0.25) is 0 Å². The molecular weight excluding hydrogens is 519 g/mol. The van der Waals surface area contributed by atoms with Crippen molar-refractivity contribution in [2.75, 3.05) is 0 Å². The molecule has 0 fully saturated rings. The van der Waals surface area contributed by atoms with E-state index in [1.54, 1.807) is 12.1 Å². The Balaban J connectivity index is 2.98. The van der Waals surface area contributed by atoms with Gasteiger partial charge in [-0.2, -0.15) is 57.1 Å². The first kappa shape index (κ1) is 26.8. The molecule has 0 nitrogen and oxygen atoms in total. The molecule has 0 spiro atoms. The highest BCUT2D eigenvalue weighted by atomic mass is 79.9. The zero-order valence-corrected chi connectivity index (χ0v) is 16.0. The second-order valence-corrected chi connectivity index (χ2v) is 7.25. The standard InChI is InChI=1S/C16H12BrF13/c17-10-6-4-9(5-7-10)3-1-2-8-11(18,19)12(20,21)13(22,23)14(24,25)15(26,27)16(28,29)30/h4-7H,1-3,8H2. The molecule has 0 aliphatic carbocycles. The van der Waals surface area contributed by atoms with E-state index in [0.717, 1.165) is 0 Å². The van der Waals surface area contributed by atoms with Crippen LogP contribution in [-0.2, 0) is 6.42 Å². The Labute approximate surface area is 169 Å². The van der Waals surface area contributed by atoms with E-state index in [-0.39, 0.29) is 12.8 Å². The van der Waals surface area contributed by atoms with Crippen molar-refractivity contribution in [1.29, 1.82) is 0 Å². The summed E-state index contributed by atoms with van der Waals surface area (Å²) in [6.45, 7) is 0.